The summed E-state index contributed by atoms with van der Waals surface area (Å²) in [6, 6.07) is 5.66. The molecule has 4 aromatic rings. The van der Waals surface area contributed by atoms with Crippen LogP contribution in [0.4, 0.5) is 13.2 Å². The van der Waals surface area contributed by atoms with E-state index in [1.807, 2.05) is 24.5 Å². The smallest absolute Gasteiger partial charge is 0.475 e. The average Bonchev–Trinajstić information content (AvgIpc) is 3.46. The normalized spacial score (nSPS) is 12.1. The van der Waals surface area contributed by atoms with Crippen molar-refractivity contribution in [2.75, 3.05) is 0 Å². The van der Waals surface area contributed by atoms with E-state index >= 15 is 0 Å². The first kappa shape index (κ1) is 22.0. The molecule has 4 heterocycles. The quantitative estimate of drug-likeness (QED) is 0.429. The number of aromatic nitrogens is 5. The Balaban J connectivity index is 0.000000339. The molecule has 4 aromatic heterocycles. The summed E-state index contributed by atoms with van der Waals surface area (Å²) >= 11 is 3.36. The van der Waals surface area contributed by atoms with Crippen molar-refractivity contribution >= 4 is 32.9 Å². The lowest BCUT2D eigenvalue weighted by Crippen LogP contribution is -2.21. The summed E-state index contributed by atoms with van der Waals surface area (Å²) in [5.41, 5.74) is 2.43. The zero-order valence-corrected chi connectivity index (χ0v) is 16.9. The molecule has 4 rings (SSSR count). The van der Waals surface area contributed by atoms with Crippen LogP contribution >= 0.6 is 15.9 Å². The minimum absolute atomic E-state index is 0.254. The van der Waals surface area contributed by atoms with Gasteiger partial charge in [-0.1, -0.05) is 0 Å². The molecule has 13 heteroatoms. The first-order chi connectivity index (χ1) is 14.7. The van der Waals surface area contributed by atoms with E-state index in [4.69, 9.17) is 19.6 Å². The fourth-order valence-corrected chi connectivity index (χ4v) is 2.97. The average molecular weight is 497 g/mol. The summed E-state index contributed by atoms with van der Waals surface area (Å²) in [5, 5.41) is 21.6. The summed E-state index contributed by atoms with van der Waals surface area (Å²) in [6.07, 6.45) is 3.71. The van der Waals surface area contributed by atoms with Gasteiger partial charge in [0.15, 0.2) is 0 Å². The van der Waals surface area contributed by atoms with Gasteiger partial charge in [0.2, 0.25) is 0 Å². The fraction of sp³-hybridized carbons (Fsp3) is 0.167. The minimum atomic E-state index is -5.08. The summed E-state index contributed by atoms with van der Waals surface area (Å²) in [7, 11) is 0. The third-order valence-corrected chi connectivity index (χ3v) is 4.41. The number of rotatable bonds is 4. The highest BCUT2D eigenvalue weighted by Gasteiger charge is 2.38. The van der Waals surface area contributed by atoms with Gasteiger partial charge in [0.05, 0.1) is 28.9 Å². The lowest BCUT2D eigenvalue weighted by Gasteiger charge is -2.11. The molecular formula is C18H12BrF3N6O3. The molecule has 0 aromatic carbocycles. The standard InChI is InChI=1S/C16H11BrN6O.C2HF3O2/c17-11-5-14(24-8-11)13(1-3-18)23-7-10(6-22-23)15-12-2-4-19-16(12)21-9-20-15;3-2(4,5)1(6)7/h2,4-9,13H,1H2,(H,19,20,21);(H,6,7). The highest BCUT2D eigenvalue weighted by Crippen LogP contribution is 2.29. The summed E-state index contributed by atoms with van der Waals surface area (Å²) < 4.78 is 39.8. The van der Waals surface area contributed by atoms with Crippen LogP contribution in [0.5, 0.6) is 0 Å². The number of halogens is 4. The molecule has 0 radical (unpaired) electrons. The number of nitrogens with one attached hydrogen (secondary N) is 1. The molecular weight excluding hydrogens is 485 g/mol. The van der Waals surface area contributed by atoms with Gasteiger partial charge in [-0.2, -0.15) is 23.5 Å². The number of furan rings is 1. The van der Waals surface area contributed by atoms with Crippen LogP contribution in [0.25, 0.3) is 22.3 Å². The molecule has 160 valence electrons. The number of fused-ring (bicyclic) bond motifs is 1. The number of alkyl halides is 3. The molecule has 9 nitrogen and oxygen atoms in total. The van der Waals surface area contributed by atoms with Crippen molar-refractivity contribution in [3.8, 4) is 17.3 Å². The Bertz CT molecular complexity index is 1240. The van der Waals surface area contributed by atoms with Crippen molar-refractivity contribution in [1.82, 2.24) is 24.7 Å². The fourth-order valence-electron chi connectivity index (χ4n) is 2.65. The van der Waals surface area contributed by atoms with Crippen LogP contribution in [-0.4, -0.2) is 42.0 Å². The van der Waals surface area contributed by atoms with Gasteiger partial charge in [0.1, 0.15) is 30.0 Å². The Morgan fingerprint density at radius 2 is 2.16 bits per heavy atom. The number of H-pyrrole nitrogens is 1. The molecule has 0 saturated heterocycles. The number of carbonyl (C=O) groups is 1. The van der Waals surface area contributed by atoms with Gasteiger partial charge >= 0.3 is 12.1 Å². The lowest BCUT2D eigenvalue weighted by atomic mass is 10.1. The van der Waals surface area contributed by atoms with Crippen molar-refractivity contribution in [2.45, 2.75) is 18.6 Å². The first-order valence-corrected chi connectivity index (χ1v) is 9.23. The maximum absolute atomic E-state index is 10.6. The van der Waals surface area contributed by atoms with Crippen molar-refractivity contribution in [1.29, 1.82) is 5.26 Å². The molecule has 2 N–H and O–H groups in total. The van der Waals surface area contributed by atoms with E-state index in [1.165, 1.54) is 6.33 Å². The zero-order valence-electron chi connectivity index (χ0n) is 15.3. The van der Waals surface area contributed by atoms with Crippen LogP contribution in [0.2, 0.25) is 0 Å². The maximum atomic E-state index is 10.6. The van der Waals surface area contributed by atoms with Gasteiger partial charge in [-0.25, -0.2) is 14.8 Å². The van der Waals surface area contributed by atoms with Gasteiger partial charge in [0.25, 0.3) is 0 Å². The van der Waals surface area contributed by atoms with Gasteiger partial charge in [-0.3, -0.25) is 4.68 Å². The highest BCUT2D eigenvalue weighted by molar-refractivity contribution is 9.10. The Morgan fingerprint density at radius 1 is 1.42 bits per heavy atom. The third-order valence-electron chi connectivity index (χ3n) is 3.99. The Labute approximate surface area is 180 Å². The van der Waals surface area contributed by atoms with Gasteiger partial charge < -0.3 is 14.5 Å². The molecule has 1 unspecified atom stereocenters. The van der Waals surface area contributed by atoms with Crippen LogP contribution < -0.4 is 0 Å². The lowest BCUT2D eigenvalue weighted by molar-refractivity contribution is -0.192. The van der Waals surface area contributed by atoms with E-state index in [0.717, 1.165) is 26.8 Å². The van der Waals surface area contributed by atoms with Crippen LogP contribution in [0.1, 0.15) is 18.2 Å². The molecule has 0 aliphatic heterocycles. The van der Waals surface area contributed by atoms with Gasteiger partial charge in [0, 0.05) is 23.3 Å². The number of hydrogen-bond donors (Lipinski definition) is 2. The number of aliphatic carboxylic acids is 1. The number of aromatic amines is 1. The van der Waals surface area contributed by atoms with Crippen molar-refractivity contribution in [3.05, 3.63) is 53.5 Å². The first-order valence-electron chi connectivity index (χ1n) is 8.44. The molecule has 0 aliphatic carbocycles. The summed E-state index contributed by atoms with van der Waals surface area (Å²) in [4.78, 5) is 20.5. The molecule has 31 heavy (non-hydrogen) atoms. The number of carboxylic acids is 1. The Hall–Kier alpha value is -3.66. The van der Waals surface area contributed by atoms with Crippen molar-refractivity contribution in [2.24, 2.45) is 0 Å². The van der Waals surface area contributed by atoms with E-state index < -0.39 is 12.1 Å². The van der Waals surface area contributed by atoms with Crippen LogP contribution in [0, 0.1) is 11.3 Å². The summed E-state index contributed by atoms with van der Waals surface area (Å²) in [6.45, 7) is 0. The number of nitriles is 1. The molecule has 1 atom stereocenters. The number of nitrogens with zero attached hydrogens (tertiary/aromatic N) is 5. The van der Waals surface area contributed by atoms with Crippen LogP contribution in [0.15, 0.2) is 52.2 Å². The number of carboxylic acid groups (broad SMARTS) is 1. The highest BCUT2D eigenvalue weighted by atomic mass is 79.9. The molecule has 0 aliphatic rings. The SMILES string of the molecule is N#CCC(c1cc(Br)co1)n1cc(-c2ncnc3[nH]ccc23)cn1.O=C(O)C(F)(F)F. The molecule has 0 saturated carbocycles. The van der Waals surface area contributed by atoms with Gasteiger partial charge in [-0.05, 0) is 28.1 Å². The topological polar surface area (TPSA) is 134 Å². The molecule has 0 fully saturated rings. The van der Waals surface area contributed by atoms with Crippen molar-refractivity contribution < 1.29 is 27.5 Å². The molecule has 0 amide bonds. The molecule has 0 bridgehead atoms. The maximum Gasteiger partial charge on any atom is 0.490 e. The van der Waals surface area contributed by atoms with E-state index in [2.05, 4.69) is 42.0 Å². The largest absolute Gasteiger partial charge is 0.490 e. The monoisotopic (exact) mass is 496 g/mol. The predicted octanol–water partition coefficient (Wildman–Crippen LogP) is 4.31. The summed E-state index contributed by atoms with van der Waals surface area (Å²) in [5.74, 6) is -2.08. The van der Waals surface area contributed by atoms with E-state index in [-0.39, 0.29) is 12.5 Å². The Morgan fingerprint density at radius 3 is 2.77 bits per heavy atom. The minimum Gasteiger partial charge on any atom is -0.475 e. The van der Waals surface area contributed by atoms with E-state index in [9.17, 15) is 13.2 Å². The second kappa shape index (κ2) is 9.00. The molecule has 0 spiro atoms. The second-order valence-corrected chi connectivity index (χ2v) is 6.94. The second-order valence-electron chi connectivity index (χ2n) is 6.02. The van der Waals surface area contributed by atoms with Crippen LogP contribution in [0.3, 0.4) is 0 Å². The third kappa shape index (κ3) is 5.10. The van der Waals surface area contributed by atoms with E-state index in [0.29, 0.717) is 5.76 Å². The van der Waals surface area contributed by atoms with E-state index in [1.54, 1.807) is 17.1 Å². The van der Waals surface area contributed by atoms with Gasteiger partial charge in [-0.15, -0.1) is 0 Å². The van der Waals surface area contributed by atoms with Crippen molar-refractivity contribution in [3.63, 3.8) is 0 Å². The predicted molar refractivity (Wildman–Crippen MR) is 104 cm³/mol. The zero-order chi connectivity index (χ0) is 22.6. The Kier molecular flexibility index (Phi) is 6.40. The number of hydrogen-bond acceptors (Lipinski definition) is 6. The van der Waals surface area contributed by atoms with Crippen LogP contribution in [-0.2, 0) is 4.79 Å².